The lowest BCUT2D eigenvalue weighted by Crippen LogP contribution is -2.58. The number of rotatable bonds is 7. The second-order valence-corrected chi connectivity index (χ2v) is 3.62. The number of hydrogen-bond donors (Lipinski definition) is 2. The topological polar surface area (TPSA) is 77.8 Å². The molecular formula is C10H19NO4. The fourth-order valence-electron chi connectivity index (χ4n) is 1.41. The highest BCUT2D eigenvalue weighted by molar-refractivity contribution is 6.02. The highest BCUT2D eigenvalue weighted by atomic mass is 16.4. The van der Waals surface area contributed by atoms with Gasteiger partial charge < -0.3 is 10.2 Å². The average molecular weight is 217 g/mol. The Balaban J connectivity index is 4.86. The third-order valence-corrected chi connectivity index (χ3v) is 2.63. The van der Waals surface area contributed by atoms with Gasteiger partial charge in [-0.15, -0.1) is 0 Å². The molecule has 0 unspecified atom stereocenters. The van der Waals surface area contributed by atoms with Gasteiger partial charge in [0.15, 0.2) is 0 Å². The van der Waals surface area contributed by atoms with Crippen LogP contribution in [-0.4, -0.2) is 45.7 Å². The fraction of sp³-hybridized carbons (Fsp3) is 0.800. The summed E-state index contributed by atoms with van der Waals surface area (Å²) in [6.45, 7) is 5.88. The Morgan fingerprint density at radius 2 is 1.67 bits per heavy atom. The molecule has 0 rings (SSSR count). The Labute approximate surface area is 89.7 Å². The summed E-state index contributed by atoms with van der Waals surface area (Å²) in [4.78, 5) is 23.5. The molecule has 0 bridgehead atoms. The predicted octanol–water partition coefficient (Wildman–Crippen LogP) is 1.04. The van der Waals surface area contributed by atoms with Crippen molar-refractivity contribution < 1.29 is 19.8 Å². The van der Waals surface area contributed by atoms with Crippen LogP contribution in [0.1, 0.15) is 33.6 Å². The van der Waals surface area contributed by atoms with Crippen molar-refractivity contribution in [2.75, 3.05) is 13.1 Å². The molecule has 0 amide bonds. The van der Waals surface area contributed by atoms with E-state index in [9.17, 15) is 9.59 Å². The van der Waals surface area contributed by atoms with E-state index < -0.39 is 17.5 Å². The number of hydrogen-bond acceptors (Lipinski definition) is 3. The molecule has 88 valence electrons. The van der Waals surface area contributed by atoms with Gasteiger partial charge in [-0.3, -0.25) is 4.90 Å². The van der Waals surface area contributed by atoms with E-state index in [1.165, 1.54) is 11.8 Å². The minimum absolute atomic E-state index is 0.412. The molecule has 0 aliphatic carbocycles. The van der Waals surface area contributed by atoms with Gasteiger partial charge in [0.1, 0.15) is 0 Å². The van der Waals surface area contributed by atoms with Gasteiger partial charge in [0.2, 0.25) is 5.54 Å². The van der Waals surface area contributed by atoms with E-state index in [2.05, 4.69) is 0 Å². The molecule has 0 saturated heterocycles. The van der Waals surface area contributed by atoms with Crippen molar-refractivity contribution in [1.82, 2.24) is 4.90 Å². The van der Waals surface area contributed by atoms with E-state index in [0.29, 0.717) is 13.1 Å². The lowest BCUT2D eigenvalue weighted by Gasteiger charge is -2.33. The summed E-state index contributed by atoms with van der Waals surface area (Å²) in [5.74, 6) is -2.62. The molecule has 5 heteroatoms. The summed E-state index contributed by atoms with van der Waals surface area (Å²) < 4.78 is 0. The zero-order valence-electron chi connectivity index (χ0n) is 9.49. The maximum Gasteiger partial charge on any atom is 0.335 e. The van der Waals surface area contributed by atoms with Crippen molar-refractivity contribution in [2.45, 2.75) is 39.2 Å². The zero-order chi connectivity index (χ0) is 12.1. The van der Waals surface area contributed by atoms with Gasteiger partial charge in [-0.2, -0.15) is 0 Å². The monoisotopic (exact) mass is 217 g/mol. The summed E-state index contributed by atoms with van der Waals surface area (Å²) >= 11 is 0. The Kier molecular flexibility index (Phi) is 5.28. The van der Waals surface area contributed by atoms with Crippen molar-refractivity contribution in [3.63, 3.8) is 0 Å². The molecule has 5 nitrogen and oxygen atoms in total. The number of nitrogens with zero attached hydrogens (tertiary/aromatic N) is 1. The van der Waals surface area contributed by atoms with E-state index >= 15 is 0 Å². The van der Waals surface area contributed by atoms with Gasteiger partial charge in [-0.05, 0) is 26.4 Å². The van der Waals surface area contributed by atoms with Crippen LogP contribution in [0, 0.1) is 0 Å². The van der Waals surface area contributed by atoms with Crippen molar-refractivity contribution >= 4 is 11.9 Å². The minimum atomic E-state index is -1.82. The summed E-state index contributed by atoms with van der Waals surface area (Å²) in [6, 6.07) is 0. The van der Waals surface area contributed by atoms with Gasteiger partial charge in [-0.1, -0.05) is 20.3 Å². The fourth-order valence-corrected chi connectivity index (χ4v) is 1.41. The third-order valence-electron chi connectivity index (χ3n) is 2.63. The summed E-state index contributed by atoms with van der Waals surface area (Å²) in [6.07, 6.45) is 1.70. The predicted molar refractivity (Wildman–Crippen MR) is 55.8 cm³/mol. The number of aliphatic carboxylic acids is 2. The number of unbranched alkanes of at least 4 members (excludes halogenated alkanes) is 1. The molecule has 0 atom stereocenters. The second-order valence-electron chi connectivity index (χ2n) is 3.62. The van der Waals surface area contributed by atoms with Gasteiger partial charge in [0.25, 0.3) is 0 Å². The van der Waals surface area contributed by atoms with Crippen LogP contribution < -0.4 is 0 Å². The molecule has 0 aliphatic rings. The van der Waals surface area contributed by atoms with Crippen LogP contribution in [0.5, 0.6) is 0 Å². The van der Waals surface area contributed by atoms with E-state index in [-0.39, 0.29) is 0 Å². The Morgan fingerprint density at radius 1 is 1.20 bits per heavy atom. The third kappa shape index (κ3) is 2.92. The standard InChI is InChI=1S/C10H19NO4/c1-4-6-7-11(5-2)10(3,8(12)13)9(14)15/h4-7H2,1-3H3,(H,12,13)(H,14,15). The second kappa shape index (κ2) is 5.70. The summed E-state index contributed by atoms with van der Waals surface area (Å²) in [7, 11) is 0. The maximum atomic E-state index is 11.0. The van der Waals surface area contributed by atoms with Crippen LogP contribution in [0.25, 0.3) is 0 Å². The first-order valence-corrected chi connectivity index (χ1v) is 5.13. The molecule has 15 heavy (non-hydrogen) atoms. The molecule has 0 saturated carbocycles. The first-order chi connectivity index (χ1) is 6.91. The van der Waals surface area contributed by atoms with Crippen LogP contribution in [0.4, 0.5) is 0 Å². The molecule has 0 aromatic heterocycles. The SMILES string of the molecule is CCCCN(CC)C(C)(C(=O)O)C(=O)O. The molecule has 0 heterocycles. The van der Waals surface area contributed by atoms with Gasteiger partial charge in [0, 0.05) is 0 Å². The Morgan fingerprint density at radius 3 is 1.93 bits per heavy atom. The lowest BCUT2D eigenvalue weighted by atomic mass is 10.00. The van der Waals surface area contributed by atoms with E-state index in [0.717, 1.165) is 12.8 Å². The largest absolute Gasteiger partial charge is 0.479 e. The Bertz CT molecular complexity index is 226. The molecule has 2 N–H and O–H groups in total. The summed E-state index contributed by atoms with van der Waals surface area (Å²) in [5.41, 5.74) is -1.82. The number of likely N-dealkylation sites (N-methyl/N-ethyl adjacent to an activating group) is 1. The zero-order valence-corrected chi connectivity index (χ0v) is 9.49. The average Bonchev–Trinajstić information content (AvgIpc) is 2.17. The van der Waals surface area contributed by atoms with Crippen molar-refractivity contribution in [3.05, 3.63) is 0 Å². The van der Waals surface area contributed by atoms with Crippen LogP contribution in [0.15, 0.2) is 0 Å². The normalized spacial score (nSPS) is 11.7. The van der Waals surface area contributed by atoms with E-state index in [4.69, 9.17) is 10.2 Å². The quantitative estimate of drug-likeness (QED) is 0.623. The summed E-state index contributed by atoms with van der Waals surface area (Å²) in [5, 5.41) is 18.0. The number of carbonyl (C=O) groups is 2. The van der Waals surface area contributed by atoms with E-state index in [1.807, 2.05) is 6.92 Å². The molecule has 0 aromatic rings. The molecule has 0 aliphatic heterocycles. The molecule has 0 aromatic carbocycles. The van der Waals surface area contributed by atoms with Crippen molar-refractivity contribution in [3.8, 4) is 0 Å². The first kappa shape index (κ1) is 13.9. The number of carboxylic acid groups (broad SMARTS) is 2. The van der Waals surface area contributed by atoms with Crippen molar-refractivity contribution in [2.24, 2.45) is 0 Å². The minimum Gasteiger partial charge on any atom is -0.479 e. The molecule has 0 fully saturated rings. The Hall–Kier alpha value is -1.10. The van der Waals surface area contributed by atoms with Crippen molar-refractivity contribution in [1.29, 1.82) is 0 Å². The van der Waals surface area contributed by atoms with Gasteiger partial charge in [0.05, 0.1) is 0 Å². The maximum absolute atomic E-state index is 11.0. The highest BCUT2D eigenvalue weighted by Crippen LogP contribution is 2.16. The van der Waals surface area contributed by atoms with E-state index in [1.54, 1.807) is 6.92 Å². The van der Waals surface area contributed by atoms with Gasteiger partial charge in [-0.25, -0.2) is 9.59 Å². The molecule has 0 spiro atoms. The molecular weight excluding hydrogens is 198 g/mol. The van der Waals surface area contributed by atoms with Crippen LogP contribution in [0.3, 0.4) is 0 Å². The smallest absolute Gasteiger partial charge is 0.335 e. The highest BCUT2D eigenvalue weighted by Gasteiger charge is 2.46. The van der Waals surface area contributed by atoms with Crippen LogP contribution >= 0.6 is 0 Å². The molecule has 0 radical (unpaired) electrons. The van der Waals surface area contributed by atoms with Crippen LogP contribution in [0.2, 0.25) is 0 Å². The first-order valence-electron chi connectivity index (χ1n) is 5.13. The lowest BCUT2D eigenvalue weighted by molar-refractivity contribution is -0.166. The number of carboxylic acids is 2. The van der Waals surface area contributed by atoms with Crippen LogP contribution in [-0.2, 0) is 9.59 Å². The van der Waals surface area contributed by atoms with Gasteiger partial charge >= 0.3 is 11.9 Å².